The number of halogens is 1. The zero-order chi connectivity index (χ0) is 19.9. The number of rotatable bonds is 10. The van der Waals surface area contributed by atoms with Gasteiger partial charge in [0.2, 0.25) is 5.91 Å². The van der Waals surface area contributed by atoms with Gasteiger partial charge in [0, 0.05) is 54.2 Å². The number of carbonyl (C=O) groups excluding carboxylic acids is 2. The number of ether oxygens (including phenoxy) is 1. The van der Waals surface area contributed by atoms with Crippen LogP contribution in [0.1, 0.15) is 29.6 Å². The summed E-state index contributed by atoms with van der Waals surface area (Å²) in [6, 6.07) is 8.88. The minimum Gasteiger partial charge on any atom is -0.492 e. The number of primary amides is 1. The third kappa shape index (κ3) is 5.85. The summed E-state index contributed by atoms with van der Waals surface area (Å²) in [6.07, 6.45) is 5.45. The van der Waals surface area contributed by atoms with Crippen LogP contribution in [-0.4, -0.2) is 47.4 Å². The lowest BCUT2D eigenvalue weighted by molar-refractivity contribution is -0.118. The van der Waals surface area contributed by atoms with E-state index in [4.69, 9.17) is 22.1 Å². The van der Waals surface area contributed by atoms with Gasteiger partial charge in [0.15, 0.2) is 0 Å². The van der Waals surface area contributed by atoms with Crippen LogP contribution in [0, 0.1) is 0 Å². The highest BCUT2D eigenvalue weighted by Crippen LogP contribution is 2.30. The van der Waals surface area contributed by atoms with Gasteiger partial charge < -0.3 is 20.7 Å². The van der Waals surface area contributed by atoms with Crippen LogP contribution in [0.2, 0.25) is 5.02 Å². The Bertz CT molecular complexity index is 827. The standard InChI is InChI=1S/C20H23ClN4O3/c21-15-11-14(20(27)25(17-1-2-17)9-5-19(22)26)12-18(13-15)28-10-8-24-16-3-6-23-7-4-16/h3-4,6-7,11-13,17H,1-2,5,8-10H2,(H2,22,26)(H,23,24). The van der Waals surface area contributed by atoms with E-state index in [0.717, 1.165) is 18.5 Å². The molecule has 1 aliphatic rings. The third-order valence-electron chi connectivity index (χ3n) is 4.35. The van der Waals surface area contributed by atoms with E-state index in [-0.39, 0.29) is 18.4 Å². The predicted octanol–water partition coefficient (Wildman–Crippen LogP) is 2.71. The van der Waals surface area contributed by atoms with E-state index < -0.39 is 5.91 Å². The molecule has 3 rings (SSSR count). The zero-order valence-electron chi connectivity index (χ0n) is 15.4. The van der Waals surface area contributed by atoms with Crippen molar-refractivity contribution in [2.75, 3.05) is 25.0 Å². The second-order valence-electron chi connectivity index (χ2n) is 6.63. The smallest absolute Gasteiger partial charge is 0.254 e. The van der Waals surface area contributed by atoms with Gasteiger partial charge in [-0.3, -0.25) is 14.6 Å². The number of carbonyl (C=O) groups is 2. The summed E-state index contributed by atoms with van der Waals surface area (Å²) in [6.45, 7) is 1.31. The number of amides is 2. The Labute approximate surface area is 168 Å². The van der Waals surface area contributed by atoms with Crippen LogP contribution in [0.4, 0.5) is 5.69 Å². The highest BCUT2D eigenvalue weighted by molar-refractivity contribution is 6.31. The number of aromatic nitrogens is 1. The van der Waals surface area contributed by atoms with Crippen molar-refractivity contribution < 1.29 is 14.3 Å². The number of anilines is 1. The largest absolute Gasteiger partial charge is 0.492 e. The summed E-state index contributed by atoms with van der Waals surface area (Å²) >= 11 is 6.18. The first-order valence-corrected chi connectivity index (χ1v) is 9.57. The van der Waals surface area contributed by atoms with Crippen molar-refractivity contribution >= 4 is 29.1 Å². The van der Waals surface area contributed by atoms with Crippen LogP contribution in [0.3, 0.4) is 0 Å². The molecule has 7 nitrogen and oxygen atoms in total. The van der Waals surface area contributed by atoms with Crippen molar-refractivity contribution in [2.45, 2.75) is 25.3 Å². The van der Waals surface area contributed by atoms with E-state index in [1.54, 1.807) is 35.5 Å². The quantitative estimate of drug-likeness (QED) is 0.595. The maximum Gasteiger partial charge on any atom is 0.254 e. The molecule has 1 heterocycles. The number of nitrogens with two attached hydrogens (primary N) is 1. The molecule has 1 fully saturated rings. The molecule has 2 amide bonds. The Morgan fingerprint density at radius 1 is 1.25 bits per heavy atom. The molecule has 0 aliphatic heterocycles. The maximum absolute atomic E-state index is 12.9. The molecule has 2 aromatic rings. The van der Waals surface area contributed by atoms with Crippen LogP contribution >= 0.6 is 11.6 Å². The lowest BCUT2D eigenvalue weighted by Gasteiger charge is -2.22. The number of benzene rings is 1. The summed E-state index contributed by atoms with van der Waals surface area (Å²) in [5.74, 6) is -0.0562. The first kappa shape index (κ1) is 19.9. The minimum atomic E-state index is -0.421. The second-order valence-corrected chi connectivity index (χ2v) is 7.07. The average molecular weight is 403 g/mol. The summed E-state index contributed by atoms with van der Waals surface area (Å²) < 4.78 is 5.75. The van der Waals surface area contributed by atoms with Crippen molar-refractivity contribution in [3.8, 4) is 5.75 Å². The molecule has 1 aliphatic carbocycles. The van der Waals surface area contributed by atoms with Gasteiger partial charge in [0.25, 0.3) is 5.91 Å². The molecular formula is C20H23ClN4O3. The van der Waals surface area contributed by atoms with Crippen molar-refractivity contribution in [1.82, 2.24) is 9.88 Å². The monoisotopic (exact) mass is 402 g/mol. The van der Waals surface area contributed by atoms with Gasteiger partial charge in [-0.05, 0) is 43.2 Å². The maximum atomic E-state index is 12.9. The first-order valence-electron chi connectivity index (χ1n) is 9.19. The Morgan fingerprint density at radius 2 is 2.00 bits per heavy atom. The molecule has 8 heteroatoms. The number of nitrogens with one attached hydrogen (secondary N) is 1. The van der Waals surface area contributed by atoms with Crippen molar-refractivity contribution in [2.24, 2.45) is 5.73 Å². The lowest BCUT2D eigenvalue weighted by Crippen LogP contribution is -2.35. The molecule has 1 aromatic carbocycles. The van der Waals surface area contributed by atoms with E-state index in [9.17, 15) is 9.59 Å². The van der Waals surface area contributed by atoms with E-state index in [1.807, 2.05) is 12.1 Å². The normalized spacial score (nSPS) is 13.0. The average Bonchev–Trinajstić information content (AvgIpc) is 3.50. The highest BCUT2D eigenvalue weighted by Gasteiger charge is 2.33. The molecule has 0 saturated heterocycles. The van der Waals surface area contributed by atoms with Gasteiger partial charge in [-0.15, -0.1) is 0 Å². The van der Waals surface area contributed by atoms with Gasteiger partial charge in [-0.2, -0.15) is 0 Å². The molecule has 1 saturated carbocycles. The van der Waals surface area contributed by atoms with Crippen LogP contribution in [-0.2, 0) is 4.79 Å². The SMILES string of the molecule is NC(=O)CCN(C(=O)c1cc(Cl)cc(OCCNc2ccncc2)c1)C1CC1. The molecule has 0 unspecified atom stereocenters. The fourth-order valence-corrected chi connectivity index (χ4v) is 3.06. The van der Waals surface area contributed by atoms with Crippen LogP contribution in [0.15, 0.2) is 42.7 Å². The number of hydrogen-bond donors (Lipinski definition) is 2. The van der Waals surface area contributed by atoms with Gasteiger partial charge in [0.05, 0.1) is 0 Å². The molecule has 0 atom stereocenters. The van der Waals surface area contributed by atoms with Gasteiger partial charge in [-0.25, -0.2) is 0 Å². The third-order valence-corrected chi connectivity index (χ3v) is 4.56. The van der Waals surface area contributed by atoms with E-state index >= 15 is 0 Å². The molecule has 0 radical (unpaired) electrons. The summed E-state index contributed by atoms with van der Waals surface area (Å²) in [4.78, 5) is 29.7. The van der Waals surface area contributed by atoms with Crippen LogP contribution < -0.4 is 15.8 Å². The fraction of sp³-hybridized carbons (Fsp3) is 0.350. The first-order chi connectivity index (χ1) is 13.5. The predicted molar refractivity (Wildman–Crippen MR) is 108 cm³/mol. The van der Waals surface area contributed by atoms with E-state index in [1.165, 1.54) is 0 Å². The molecule has 1 aromatic heterocycles. The Balaban J connectivity index is 1.60. The molecular weight excluding hydrogens is 380 g/mol. The lowest BCUT2D eigenvalue weighted by atomic mass is 10.1. The van der Waals surface area contributed by atoms with E-state index in [0.29, 0.717) is 36.0 Å². The molecule has 148 valence electrons. The van der Waals surface area contributed by atoms with Crippen molar-refractivity contribution in [1.29, 1.82) is 0 Å². The summed E-state index contributed by atoms with van der Waals surface area (Å²) in [5, 5.41) is 3.64. The Hall–Kier alpha value is -2.80. The number of hydrogen-bond acceptors (Lipinski definition) is 5. The van der Waals surface area contributed by atoms with Crippen molar-refractivity contribution in [3.05, 3.63) is 53.3 Å². The van der Waals surface area contributed by atoms with Gasteiger partial charge >= 0.3 is 0 Å². The minimum absolute atomic E-state index is 0.146. The van der Waals surface area contributed by atoms with Crippen LogP contribution in [0.5, 0.6) is 5.75 Å². The second kappa shape index (κ2) is 9.41. The van der Waals surface area contributed by atoms with Crippen molar-refractivity contribution in [3.63, 3.8) is 0 Å². The molecule has 0 bridgehead atoms. The van der Waals surface area contributed by atoms with Gasteiger partial charge in [-0.1, -0.05) is 11.6 Å². The number of pyridine rings is 1. The highest BCUT2D eigenvalue weighted by atomic mass is 35.5. The van der Waals surface area contributed by atoms with Crippen LogP contribution in [0.25, 0.3) is 0 Å². The van der Waals surface area contributed by atoms with E-state index in [2.05, 4.69) is 10.3 Å². The Kier molecular flexibility index (Phi) is 6.71. The summed E-state index contributed by atoms with van der Waals surface area (Å²) in [5.41, 5.74) is 6.63. The molecule has 3 N–H and O–H groups in total. The Morgan fingerprint density at radius 3 is 2.68 bits per heavy atom. The topological polar surface area (TPSA) is 97.6 Å². The van der Waals surface area contributed by atoms with Gasteiger partial charge in [0.1, 0.15) is 12.4 Å². The summed E-state index contributed by atoms with van der Waals surface area (Å²) in [7, 11) is 0. The fourth-order valence-electron chi connectivity index (χ4n) is 2.84. The number of nitrogens with zero attached hydrogens (tertiary/aromatic N) is 2. The zero-order valence-corrected chi connectivity index (χ0v) is 16.2. The molecule has 0 spiro atoms. The molecule has 28 heavy (non-hydrogen) atoms.